The van der Waals surface area contributed by atoms with Crippen LogP contribution in [-0.2, 0) is 9.26 Å². The first-order valence-electron chi connectivity index (χ1n) is 7.27. The summed E-state index contributed by atoms with van der Waals surface area (Å²) in [6.07, 6.45) is 6.83. The molecule has 1 heterocycles. The largest absolute Gasteiger partial charge is 0.359 e. The van der Waals surface area contributed by atoms with Crippen LogP contribution in [0.15, 0.2) is 0 Å². The van der Waals surface area contributed by atoms with Crippen molar-refractivity contribution >= 4 is 17.4 Å². The van der Waals surface area contributed by atoms with Crippen molar-refractivity contribution in [3.8, 4) is 0 Å². The van der Waals surface area contributed by atoms with Crippen LogP contribution < -0.4 is 0 Å². The minimum atomic E-state index is 0.0992. The van der Waals surface area contributed by atoms with E-state index < -0.39 is 0 Å². The Hall–Kier alpha value is 0.780. The van der Waals surface area contributed by atoms with Crippen LogP contribution in [0.3, 0.4) is 0 Å². The van der Waals surface area contributed by atoms with Gasteiger partial charge in [0.15, 0.2) is 0 Å². The molecule has 0 aromatic heterocycles. The first-order chi connectivity index (χ1) is 8.45. The van der Waals surface area contributed by atoms with Gasteiger partial charge in [-0.05, 0) is 43.4 Å². The smallest absolute Gasteiger partial charge is 0.125 e. The first-order valence-corrected chi connectivity index (χ1v) is 9.98. The summed E-state index contributed by atoms with van der Waals surface area (Å²) < 4.78 is 12.7. The highest BCUT2D eigenvalue weighted by Crippen LogP contribution is 2.82. The Labute approximate surface area is 114 Å². The van der Waals surface area contributed by atoms with Crippen LogP contribution in [0.25, 0.3) is 0 Å². The van der Waals surface area contributed by atoms with Crippen LogP contribution in [0.4, 0.5) is 0 Å². The fourth-order valence-corrected chi connectivity index (χ4v) is 6.99. The van der Waals surface area contributed by atoms with E-state index in [-0.39, 0.29) is 11.2 Å². The van der Waals surface area contributed by atoms with E-state index in [4.69, 9.17) is 9.26 Å². The van der Waals surface area contributed by atoms with Crippen LogP contribution >= 0.6 is 17.4 Å². The van der Waals surface area contributed by atoms with E-state index in [2.05, 4.69) is 29.7 Å². The predicted molar refractivity (Wildman–Crippen MR) is 77.9 cm³/mol. The number of epoxide rings is 1. The summed E-state index contributed by atoms with van der Waals surface area (Å²) in [6, 6.07) is 0. The SMILES string of the molecule is CC1(C)C2CCC1(C)[C@@]13CCC[C@@]1(O3)[C@@H]2OPP. The van der Waals surface area contributed by atoms with E-state index >= 15 is 0 Å². The highest BCUT2D eigenvalue weighted by Gasteiger charge is 2.89. The lowest BCUT2D eigenvalue weighted by molar-refractivity contribution is -0.0528. The molecule has 3 saturated carbocycles. The van der Waals surface area contributed by atoms with Crippen molar-refractivity contribution in [1.29, 1.82) is 0 Å². The maximum atomic E-state index is 6.50. The number of rotatable bonds is 2. The average Bonchev–Trinajstić information content (AvgIpc) is 2.76. The minimum Gasteiger partial charge on any atom is -0.359 e. The van der Waals surface area contributed by atoms with Gasteiger partial charge < -0.3 is 9.26 Å². The molecule has 4 rings (SSSR count). The number of ether oxygens (including phenoxy) is 1. The van der Waals surface area contributed by atoms with Gasteiger partial charge in [0.1, 0.15) is 11.2 Å². The second-order valence-electron chi connectivity index (χ2n) is 7.53. The van der Waals surface area contributed by atoms with E-state index in [1.54, 1.807) is 0 Å². The fourth-order valence-electron chi connectivity index (χ4n) is 6.05. The molecule has 3 aliphatic carbocycles. The molecule has 102 valence electrons. The summed E-state index contributed by atoms with van der Waals surface area (Å²) in [5.74, 6) is 0.685. The summed E-state index contributed by atoms with van der Waals surface area (Å²) >= 11 is 0. The maximum Gasteiger partial charge on any atom is 0.125 e. The molecule has 0 aromatic carbocycles. The van der Waals surface area contributed by atoms with Gasteiger partial charge in [-0.25, -0.2) is 0 Å². The summed E-state index contributed by atoms with van der Waals surface area (Å²) in [5.41, 5.74) is 0.977. The molecule has 0 spiro atoms. The second-order valence-corrected chi connectivity index (χ2v) is 8.71. The van der Waals surface area contributed by atoms with E-state index in [9.17, 15) is 0 Å². The third-order valence-electron chi connectivity index (χ3n) is 7.29. The molecule has 1 aliphatic heterocycles. The summed E-state index contributed by atoms with van der Waals surface area (Å²) in [4.78, 5) is 0. The van der Waals surface area contributed by atoms with Gasteiger partial charge in [-0.1, -0.05) is 29.7 Å². The van der Waals surface area contributed by atoms with Gasteiger partial charge >= 0.3 is 0 Å². The van der Waals surface area contributed by atoms with Crippen molar-refractivity contribution in [2.75, 3.05) is 0 Å². The predicted octanol–water partition coefficient (Wildman–Crippen LogP) is 3.90. The number of fused-ring (bicyclic) bond motifs is 2. The van der Waals surface area contributed by atoms with Gasteiger partial charge in [0.25, 0.3) is 0 Å². The molecule has 0 aromatic rings. The highest BCUT2D eigenvalue weighted by atomic mass is 32.0. The molecule has 0 N–H and O–H groups in total. The summed E-state index contributed by atoms with van der Waals surface area (Å²) in [5, 5.41) is 0. The summed E-state index contributed by atoms with van der Waals surface area (Å²) in [6.45, 7) is 7.43. The van der Waals surface area contributed by atoms with Crippen molar-refractivity contribution in [1.82, 2.24) is 0 Å². The van der Waals surface area contributed by atoms with E-state index in [1.807, 2.05) is 0 Å². The Bertz CT molecular complexity index is 413. The normalized spacial score (nSPS) is 60.0. The summed E-state index contributed by atoms with van der Waals surface area (Å²) in [7, 11) is 3.26. The third-order valence-corrected chi connectivity index (χ3v) is 8.09. The van der Waals surface area contributed by atoms with Gasteiger partial charge in [-0.2, -0.15) is 0 Å². The second kappa shape index (κ2) is 3.33. The molecular formula is C14H24O2P2. The van der Waals surface area contributed by atoms with Crippen molar-refractivity contribution < 1.29 is 9.26 Å². The van der Waals surface area contributed by atoms with E-state index in [1.165, 1.54) is 32.1 Å². The zero-order chi connectivity index (χ0) is 12.8. The van der Waals surface area contributed by atoms with Gasteiger partial charge in [-0.15, -0.1) is 0 Å². The lowest BCUT2D eigenvalue weighted by Crippen LogP contribution is -2.58. The molecule has 0 radical (unpaired) electrons. The zero-order valence-electron chi connectivity index (χ0n) is 11.6. The van der Waals surface area contributed by atoms with Crippen molar-refractivity contribution in [2.45, 2.75) is 70.2 Å². The van der Waals surface area contributed by atoms with E-state index in [0.29, 0.717) is 31.3 Å². The van der Waals surface area contributed by atoms with Crippen LogP contribution in [-0.4, -0.2) is 17.3 Å². The maximum absolute atomic E-state index is 6.50. The van der Waals surface area contributed by atoms with E-state index in [0.717, 1.165) is 0 Å². The number of hydrogen-bond acceptors (Lipinski definition) is 2. The molecule has 4 aliphatic rings. The first kappa shape index (κ1) is 12.5. The quantitative estimate of drug-likeness (QED) is 0.567. The molecule has 4 heteroatoms. The molecule has 4 fully saturated rings. The van der Waals surface area contributed by atoms with Crippen molar-refractivity contribution in [2.24, 2.45) is 16.7 Å². The lowest BCUT2D eigenvalue weighted by atomic mass is 9.51. The topological polar surface area (TPSA) is 21.8 Å². The molecule has 1 saturated heterocycles. The van der Waals surface area contributed by atoms with Gasteiger partial charge in [0.05, 0.1) is 6.10 Å². The molecule has 7 atom stereocenters. The Kier molecular flexibility index (Phi) is 2.31. The van der Waals surface area contributed by atoms with Gasteiger partial charge in [0, 0.05) is 13.9 Å². The standard InChI is InChI=1S/C14H24O2P2/c1-11(2)9-5-8-12(11,3)14-7-4-6-13(14,16-14)10(9)15-18-17/h9-10,18H,4-8,17H2,1-3H3/t9?,10-,12?,13-,14+/m1/s1. The monoisotopic (exact) mass is 286 g/mol. The van der Waals surface area contributed by atoms with Crippen LogP contribution in [0.5, 0.6) is 0 Å². The Morgan fingerprint density at radius 3 is 2.72 bits per heavy atom. The van der Waals surface area contributed by atoms with Crippen LogP contribution in [0, 0.1) is 16.7 Å². The molecule has 2 bridgehead atoms. The van der Waals surface area contributed by atoms with Crippen molar-refractivity contribution in [3.63, 3.8) is 0 Å². The third kappa shape index (κ3) is 0.996. The molecular weight excluding hydrogens is 262 g/mol. The van der Waals surface area contributed by atoms with Crippen LogP contribution in [0.2, 0.25) is 0 Å². The molecule has 4 unspecified atom stereocenters. The highest BCUT2D eigenvalue weighted by molar-refractivity contribution is 8.00. The van der Waals surface area contributed by atoms with Crippen LogP contribution in [0.1, 0.15) is 52.9 Å². The number of hydrogen-bond donors (Lipinski definition) is 0. The molecule has 18 heavy (non-hydrogen) atoms. The molecule has 0 amide bonds. The van der Waals surface area contributed by atoms with Gasteiger partial charge in [-0.3, -0.25) is 0 Å². The minimum absolute atomic E-state index is 0.0992. The Morgan fingerprint density at radius 2 is 2.00 bits per heavy atom. The molecule has 2 nitrogen and oxygen atoms in total. The average molecular weight is 286 g/mol. The Morgan fingerprint density at radius 1 is 1.22 bits per heavy atom. The van der Waals surface area contributed by atoms with Gasteiger partial charge in [0.2, 0.25) is 0 Å². The zero-order valence-corrected chi connectivity index (χ0v) is 13.7. The van der Waals surface area contributed by atoms with Crippen molar-refractivity contribution in [3.05, 3.63) is 0 Å². The fraction of sp³-hybridized carbons (Fsp3) is 1.00. The lowest BCUT2D eigenvalue weighted by Gasteiger charge is -2.52. The Balaban J connectivity index is 1.86.